The monoisotopic (exact) mass is 257 g/mol. The van der Waals surface area contributed by atoms with Crippen LogP contribution in [0.2, 0.25) is 0 Å². The van der Waals surface area contributed by atoms with Crippen LogP contribution in [-0.2, 0) is 0 Å². The summed E-state index contributed by atoms with van der Waals surface area (Å²) >= 11 is 3.47. The molecule has 1 N–H and O–H groups in total. The van der Waals surface area contributed by atoms with Crippen molar-refractivity contribution in [3.63, 3.8) is 0 Å². The zero-order chi connectivity index (χ0) is 9.97. The lowest BCUT2D eigenvalue weighted by atomic mass is 9.92. The maximum Gasteiger partial charge on any atom is 0.123 e. The van der Waals surface area contributed by atoms with Crippen molar-refractivity contribution in [1.82, 2.24) is 5.32 Å². The Hall–Kier alpha value is -0.410. The van der Waals surface area contributed by atoms with Gasteiger partial charge in [-0.1, -0.05) is 15.9 Å². The molecule has 0 aliphatic carbocycles. The molecule has 0 saturated carbocycles. The summed E-state index contributed by atoms with van der Waals surface area (Å²) in [4.78, 5) is 0. The fraction of sp³-hybridized carbons (Fsp3) is 0.455. The maximum atomic E-state index is 13.1. The molecule has 14 heavy (non-hydrogen) atoms. The van der Waals surface area contributed by atoms with E-state index in [0.29, 0.717) is 5.92 Å². The summed E-state index contributed by atoms with van der Waals surface area (Å²) in [7, 11) is 0. The van der Waals surface area contributed by atoms with Crippen molar-refractivity contribution >= 4 is 15.9 Å². The van der Waals surface area contributed by atoms with E-state index in [-0.39, 0.29) is 5.82 Å². The van der Waals surface area contributed by atoms with Gasteiger partial charge >= 0.3 is 0 Å². The van der Waals surface area contributed by atoms with Crippen molar-refractivity contribution in [1.29, 1.82) is 0 Å². The van der Waals surface area contributed by atoms with Crippen LogP contribution in [0.4, 0.5) is 4.39 Å². The average molecular weight is 258 g/mol. The van der Waals surface area contributed by atoms with E-state index in [1.165, 1.54) is 12.5 Å². The van der Waals surface area contributed by atoms with E-state index in [1.54, 1.807) is 12.1 Å². The lowest BCUT2D eigenvalue weighted by molar-refractivity contribution is 0.459. The predicted molar refractivity (Wildman–Crippen MR) is 58.9 cm³/mol. The van der Waals surface area contributed by atoms with Gasteiger partial charge in [-0.3, -0.25) is 0 Å². The second-order valence-electron chi connectivity index (χ2n) is 3.71. The first-order valence-corrected chi connectivity index (χ1v) is 5.72. The molecule has 76 valence electrons. The predicted octanol–water partition coefficient (Wildman–Crippen LogP) is 3.06. The van der Waals surface area contributed by atoms with Crippen LogP contribution >= 0.6 is 15.9 Å². The van der Waals surface area contributed by atoms with E-state index in [0.717, 1.165) is 29.5 Å². The molecule has 1 saturated heterocycles. The molecule has 1 aliphatic heterocycles. The highest BCUT2D eigenvalue weighted by Crippen LogP contribution is 2.30. The molecule has 0 aromatic heterocycles. The zero-order valence-electron chi connectivity index (χ0n) is 7.89. The van der Waals surface area contributed by atoms with E-state index >= 15 is 0 Å². The number of rotatable bonds is 1. The van der Waals surface area contributed by atoms with Crippen molar-refractivity contribution in [3.8, 4) is 0 Å². The summed E-state index contributed by atoms with van der Waals surface area (Å²) in [5, 5.41) is 3.34. The fourth-order valence-corrected chi connectivity index (χ4v) is 2.52. The molecule has 0 spiro atoms. The molecule has 1 fully saturated rings. The molecule has 1 heterocycles. The SMILES string of the molecule is Fc1ccc(Br)c(C2CCCNC2)c1. The number of hydrogen-bond acceptors (Lipinski definition) is 1. The fourth-order valence-electron chi connectivity index (χ4n) is 1.94. The van der Waals surface area contributed by atoms with E-state index in [1.807, 2.05) is 0 Å². The molecule has 0 amide bonds. The van der Waals surface area contributed by atoms with E-state index in [4.69, 9.17) is 0 Å². The van der Waals surface area contributed by atoms with Gasteiger partial charge in [0, 0.05) is 11.0 Å². The lowest BCUT2D eigenvalue weighted by Crippen LogP contribution is -2.28. The standard InChI is InChI=1S/C11H13BrFN/c12-11-4-3-9(13)6-10(11)8-2-1-5-14-7-8/h3-4,6,8,14H,1-2,5,7H2. The Labute approximate surface area is 91.8 Å². The van der Waals surface area contributed by atoms with Crippen LogP contribution in [0.3, 0.4) is 0 Å². The number of nitrogens with one attached hydrogen (secondary N) is 1. The first-order chi connectivity index (χ1) is 6.77. The minimum absolute atomic E-state index is 0.145. The van der Waals surface area contributed by atoms with Crippen molar-refractivity contribution in [2.75, 3.05) is 13.1 Å². The van der Waals surface area contributed by atoms with Crippen LogP contribution in [0.25, 0.3) is 0 Å². The van der Waals surface area contributed by atoms with Crippen LogP contribution in [0.15, 0.2) is 22.7 Å². The highest BCUT2D eigenvalue weighted by atomic mass is 79.9. The molecule has 1 unspecified atom stereocenters. The van der Waals surface area contributed by atoms with E-state index < -0.39 is 0 Å². The molecule has 1 aromatic carbocycles. The van der Waals surface area contributed by atoms with Crippen molar-refractivity contribution < 1.29 is 4.39 Å². The minimum Gasteiger partial charge on any atom is -0.316 e. The van der Waals surface area contributed by atoms with Crippen LogP contribution < -0.4 is 5.32 Å². The van der Waals surface area contributed by atoms with Crippen molar-refractivity contribution in [2.24, 2.45) is 0 Å². The third-order valence-electron chi connectivity index (χ3n) is 2.69. The Kier molecular flexibility index (Phi) is 3.19. The largest absolute Gasteiger partial charge is 0.316 e. The Balaban J connectivity index is 2.24. The van der Waals surface area contributed by atoms with Crippen molar-refractivity contribution in [3.05, 3.63) is 34.1 Å². The van der Waals surface area contributed by atoms with Gasteiger partial charge in [0.15, 0.2) is 0 Å². The molecule has 0 bridgehead atoms. The summed E-state index contributed by atoms with van der Waals surface area (Å²) in [5.41, 5.74) is 1.09. The van der Waals surface area contributed by atoms with Gasteiger partial charge in [-0.2, -0.15) is 0 Å². The van der Waals surface area contributed by atoms with Gasteiger partial charge in [-0.25, -0.2) is 4.39 Å². The molecule has 3 heteroatoms. The number of halogens is 2. The average Bonchev–Trinajstić information content (AvgIpc) is 2.23. The lowest BCUT2D eigenvalue weighted by Gasteiger charge is -2.24. The highest BCUT2D eigenvalue weighted by molar-refractivity contribution is 9.10. The van der Waals surface area contributed by atoms with Gasteiger partial charge < -0.3 is 5.32 Å². The van der Waals surface area contributed by atoms with Crippen LogP contribution in [0.1, 0.15) is 24.3 Å². The summed E-state index contributed by atoms with van der Waals surface area (Å²) < 4.78 is 14.1. The highest BCUT2D eigenvalue weighted by Gasteiger charge is 2.17. The van der Waals surface area contributed by atoms with Crippen molar-refractivity contribution in [2.45, 2.75) is 18.8 Å². The molecule has 1 aliphatic rings. The summed E-state index contributed by atoms with van der Waals surface area (Å²) in [6, 6.07) is 4.92. The van der Waals surface area contributed by atoms with Crippen LogP contribution in [0.5, 0.6) is 0 Å². The van der Waals surface area contributed by atoms with Crippen LogP contribution in [0, 0.1) is 5.82 Å². The molecule has 1 atom stereocenters. The molecule has 1 nitrogen and oxygen atoms in total. The van der Waals surface area contributed by atoms with E-state index in [9.17, 15) is 4.39 Å². The van der Waals surface area contributed by atoms with Gasteiger partial charge in [0.2, 0.25) is 0 Å². The Morgan fingerprint density at radius 2 is 2.29 bits per heavy atom. The van der Waals surface area contributed by atoms with Gasteiger partial charge in [0.1, 0.15) is 5.82 Å². The molecule has 2 rings (SSSR count). The second kappa shape index (κ2) is 4.41. The summed E-state index contributed by atoms with van der Waals surface area (Å²) in [6.45, 7) is 2.05. The molecule has 0 radical (unpaired) electrons. The Morgan fingerprint density at radius 3 is 3.00 bits per heavy atom. The van der Waals surface area contributed by atoms with Gasteiger partial charge in [0.25, 0.3) is 0 Å². The first kappa shape index (κ1) is 10.1. The van der Waals surface area contributed by atoms with Gasteiger partial charge in [0.05, 0.1) is 0 Å². The number of hydrogen-bond donors (Lipinski definition) is 1. The molecule has 1 aromatic rings. The number of piperidine rings is 1. The second-order valence-corrected chi connectivity index (χ2v) is 4.56. The third-order valence-corrected chi connectivity index (χ3v) is 3.42. The molecular weight excluding hydrogens is 245 g/mol. The smallest absolute Gasteiger partial charge is 0.123 e. The minimum atomic E-state index is -0.145. The topological polar surface area (TPSA) is 12.0 Å². The number of benzene rings is 1. The Bertz CT molecular complexity index is 321. The van der Waals surface area contributed by atoms with Gasteiger partial charge in [-0.05, 0) is 49.1 Å². The van der Waals surface area contributed by atoms with E-state index in [2.05, 4.69) is 21.2 Å². The molecular formula is C11H13BrFN. The summed E-state index contributed by atoms with van der Waals surface area (Å²) in [5.74, 6) is 0.308. The maximum absolute atomic E-state index is 13.1. The summed E-state index contributed by atoms with van der Waals surface area (Å²) in [6.07, 6.45) is 2.32. The normalized spacial score (nSPS) is 22.3. The third kappa shape index (κ3) is 2.15. The van der Waals surface area contributed by atoms with Gasteiger partial charge in [-0.15, -0.1) is 0 Å². The Morgan fingerprint density at radius 1 is 1.43 bits per heavy atom. The van der Waals surface area contributed by atoms with Crippen LogP contribution in [-0.4, -0.2) is 13.1 Å². The zero-order valence-corrected chi connectivity index (χ0v) is 9.48. The first-order valence-electron chi connectivity index (χ1n) is 4.93. The quantitative estimate of drug-likeness (QED) is 0.816.